The first-order valence-electron chi connectivity index (χ1n) is 8.71. The SMILES string of the molecule is CN1CCC(=C2c3cc(OCC(=O)O)ccc3OCc3ccsc32)CC1.Cl. The van der Waals surface area contributed by atoms with Gasteiger partial charge < -0.3 is 19.5 Å². The zero-order chi connectivity index (χ0) is 18.1. The average molecular weight is 408 g/mol. The van der Waals surface area contributed by atoms with Crippen molar-refractivity contribution >= 4 is 35.3 Å². The van der Waals surface area contributed by atoms with E-state index in [-0.39, 0.29) is 19.0 Å². The molecule has 0 atom stereocenters. The van der Waals surface area contributed by atoms with Gasteiger partial charge in [-0.1, -0.05) is 5.57 Å². The van der Waals surface area contributed by atoms with Crippen LogP contribution < -0.4 is 9.47 Å². The summed E-state index contributed by atoms with van der Waals surface area (Å²) in [5.74, 6) is 0.406. The zero-order valence-electron chi connectivity index (χ0n) is 15.1. The fraction of sp³-hybridized carbons (Fsp3) is 0.350. The Labute approximate surface area is 168 Å². The van der Waals surface area contributed by atoms with Crippen LogP contribution in [0.2, 0.25) is 0 Å². The van der Waals surface area contributed by atoms with Crippen molar-refractivity contribution in [1.82, 2.24) is 4.90 Å². The van der Waals surface area contributed by atoms with Crippen LogP contribution >= 0.6 is 23.7 Å². The summed E-state index contributed by atoms with van der Waals surface area (Å²) in [6.45, 7) is 2.30. The van der Waals surface area contributed by atoms with E-state index >= 15 is 0 Å². The van der Waals surface area contributed by atoms with Crippen molar-refractivity contribution in [2.24, 2.45) is 0 Å². The van der Waals surface area contributed by atoms with E-state index in [1.54, 1.807) is 17.4 Å². The molecule has 7 heteroatoms. The van der Waals surface area contributed by atoms with Crippen LogP contribution in [0.5, 0.6) is 11.5 Å². The van der Waals surface area contributed by atoms with Gasteiger partial charge in [0.05, 0.1) is 0 Å². The van der Waals surface area contributed by atoms with Crippen molar-refractivity contribution in [3.63, 3.8) is 0 Å². The summed E-state index contributed by atoms with van der Waals surface area (Å²) in [5, 5.41) is 11.0. The third-order valence-electron chi connectivity index (χ3n) is 4.88. The third kappa shape index (κ3) is 4.13. The van der Waals surface area contributed by atoms with E-state index in [1.165, 1.54) is 21.6 Å². The molecule has 0 aliphatic carbocycles. The second-order valence-corrected chi connectivity index (χ2v) is 7.60. The Bertz CT molecular complexity index is 867. The van der Waals surface area contributed by atoms with Gasteiger partial charge in [-0.05, 0) is 49.5 Å². The molecule has 3 heterocycles. The number of hydrogen-bond donors (Lipinski definition) is 1. The lowest BCUT2D eigenvalue weighted by atomic mass is 9.91. The first-order valence-corrected chi connectivity index (χ1v) is 9.59. The zero-order valence-corrected chi connectivity index (χ0v) is 16.7. The molecule has 0 amide bonds. The lowest BCUT2D eigenvalue weighted by Crippen LogP contribution is -2.26. The highest BCUT2D eigenvalue weighted by Crippen LogP contribution is 2.44. The molecular weight excluding hydrogens is 386 g/mol. The molecule has 144 valence electrons. The predicted molar refractivity (Wildman–Crippen MR) is 108 cm³/mol. The van der Waals surface area contributed by atoms with Crippen LogP contribution in [0.25, 0.3) is 5.57 Å². The molecular formula is C20H22ClNO4S. The minimum Gasteiger partial charge on any atom is -0.488 e. The maximum Gasteiger partial charge on any atom is 0.341 e. The van der Waals surface area contributed by atoms with Crippen LogP contribution in [0.3, 0.4) is 0 Å². The molecule has 1 aromatic carbocycles. The molecule has 0 spiro atoms. The number of rotatable bonds is 3. The van der Waals surface area contributed by atoms with E-state index in [2.05, 4.69) is 23.4 Å². The smallest absolute Gasteiger partial charge is 0.341 e. The number of halogens is 1. The second-order valence-electron chi connectivity index (χ2n) is 6.69. The Hall–Kier alpha value is -2.02. The summed E-state index contributed by atoms with van der Waals surface area (Å²) in [7, 11) is 2.15. The minimum absolute atomic E-state index is 0. The third-order valence-corrected chi connectivity index (χ3v) is 5.86. The molecule has 0 saturated carbocycles. The van der Waals surface area contributed by atoms with Crippen molar-refractivity contribution in [2.75, 3.05) is 26.7 Å². The maximum absolute atomic E-state index is 10.8. The van der Waals surface area contributed by atoms with Crippen LogP contribution in [0, 0.1) is 0 Å². The number of carboxylic acid groups (broad SMARTS) is 1. The Morgan fingerprint density at radius 3 is 2.81 bits per heavy atom. The normalized spacial score (nSPS) is 16.5. The van der Waals surface area contributed by atoms with Gasteiger partial charge in [0.1, 0.15) is 18.1 Å². The first-order chi connectivity index (χ1) is 12.6. The number of hydrogen-bond acceptors (Lipinski definition) is 5. The second kappa shape index (κ2) is 8.33. The van der Waals surface area contributed by atoms with Crippen LogP contribution in [0.4, 0.5) is 0 Å². The first kappa shape index (κ1) is 19.7. The van der Waals surface area contributed by atoms with Crippen LogP contribution in [-0.4, -0.2) is 42.7 Å². The van der Waals surface area contributed by atoms with Crippen LogP contribution in [0.1, 0.15) is 28.8 Å². The van der Waals surface area contributed by atoms with E-state index in [0.717, 1.165) is 37.2 Å². The summed E-state index contributed by atoms with van der Waals surface area (Å²) in [6, 6.07) is 7.72. The van der Waals surface area contributed by atoms with Gasteiger partial charge in [-0.25, -0.2) is 4.79 Å². The minimum atomic E-state index is -0.981. The maximum atomic E-state index is 10.8. The predicted octanol–water partition coefficient (Wildman–Crippen LogP) is 4.05. The molecule has 27 heavy (non-hydrogen) atoms. The molecule has 5 nitrogen and oxygen atoms in total. The summed E-state index contributed by atoms with van der Waals surface area (Å²) in [6.07, 6.45) is 2.06. The lowest BCUT2D eigenvalue weighted by molar-refractivity contribution is -0.139. The largest absolute Gasteiger partial charge is 0.488 e. The van der Waals surface area contributed by atoms with Crippen molar-refractivity contribution < 1.29 is 19.4 Å². The Morgan fingerprint density at radius 2 is 2.07 bits per heavy atom. The number of benzene rings is 1. The standard InChI is InChI=1S/C20H21NO4S.ClH/c1-21-7-4-13(5-8-21)19-16-10-15(24-12-18(22)23)2-3-17(16)25-11-14-6-9-26-20(14)19;/h2-3,6,9-10H,4-5,7-8,11-12H2,1H3,(H,22,23);1H. The number of carbonyl (C=O) groups is 1. The summed E-state index contributed by atoms with van der Waals surface area (Å²) in [5.41, 5.74) is 4.90. The molecule has 1 aromatic heterocycles. The molecule has 1 saturated heterocycles. The van der Waals surface area contributed by atoms with Gasteiger partial charge in [0.15, 0.2) is 6.61 Å². The van der Waals surface area contributed by atoms with E-state index in [0.29, 0.717) is 12.4 Å². The number of likely N-dealkylation sites (tertiary alicyclic amines) is 1. The fourth-order valence-corrected chi connectivity index (χ4v) is 4.52. The van der Waals surface area contributed by atoms with Crippen molar-refractivity contribution in [1.29, 1.82) is 0 Å². The van der Waals surface area contributed by atoms with Crippen LogP contribution in [0.15, 0.2) is 35.2 Å². The molecule has 2 aliphatic heterocycles. The number of piperidine rings is 1. The van der Waals surface area contributed by atoms with Crippen LogP contribution in [-0.2, 0) is 11.4 Å². The molecule has 0 unspecified atom stereocenters. The van der Waals surface area contributed by atoms with Crippen molar-refractivity contribution in [2.45, 2.75) is 19.4 Å². The molecule has 4 rings (SSSR count). The van der Waals surface area contributed by atoms with Gasteiger partial charge >= 0.3 is 5.97 Å². The Morgan fingerprint density at radius 1 is 1.30 bits per heavy atom. The highest BCUT2D eigenvalue weighted by molar-refractivity contribution is 7.11. The fourth-order valence-electron chi connectivity index (χ4n) is 3.50. The van der Waals surface area contributed by atoms with Crippen molar-refractivity contribution in [3.8, 4) is 11.5 Å². The van der Waals surface area contributed by atoms with E-state index < -0.39 is 5.97 Å². The van der Waals surface area contributed by atoms with Gasteiger partial charge in [-0.15, -0.1) is 23.7 Å². The summed E-state index contributed by atoms with van der Waals surface area (Å²) in [4.78, 5) is 14.4. The monoisotopic (exact) mass is 407 g/mol. The molecule has 1 N–H and O–H groups in total. The van der Waals surface area contributed by atoms with Gasteiger partial charge in [0.2, 0.25) is 0 Å². The highest BCUT2D eigenvalue weighted by Gasteiger charge is 2.25. The summed E-state index contributed by atoms with van der Waals surface area (Å²) < 4.78 is 11.5. The van der Waals surface area contributed by atoms with E-state index in [4.69, 9.17) is 14.6 Å². The van der Waals surface area contributed by atoms with Gasteiger partial charge in [0.25, 0.3) is 0 Å². The topological polar surface area (TPSA) is 59.0 Å². The number of ether oxygens (including phenoxy) is 2. The Kier molecular flexibility index (Phi) is 6.09. The quantitative estimate of drug-likeness (QED) is 0.831. The van der Waals surface area contributed by atoms with E-state index in [9.17, 15) is 4.79 Å². The van der Waals surface area contributed by atoms with E-state index in [1.807, 2.05) is 12.1 Å². The number of nitrogens with zero attached hydrogens (tertiary/aromatic N) is 1. The Balaban J connectivity index is 0.00000210. The lowest BCUT2D eigenvalue weighted by Gasteiger charge is -2.26. The molecule has 2 aromatic rings. The molecule has 0 bridgehead atoms. The average Bonchev–Trinajstić information content (AvgIpc) is 3.03. The molecule has 2 aliphatic rings. The summed E-state index contributed by atoms with van der Waals surface area (Å²) >= 11 is 1.74. The number of carboxylic acids is 1. The number of thiophene rings is 1. The molecule has 1 fully saturated rings. The number of fused-ring (bicyclic) bond motifs is 2. The van der Waals surface area contributed by atoms with Gasteiger partial charge in [-0.3, -0.25) is 0 Å². The number of aliphatic carboxylic acids is 1. The van der Waals surface area contributed by atoms with Gasteiger partial charge in [0, 0.05) is 34.7 Å². The molecule has 0 radical (unpaired) electrons. The van der Waals surface area contributed by atoms with Gasteiger partial charge in [-0.2, -0.15) is 0 Å². The highest BCUT2D eigenvalue weighted by atomic mass is 35.5. The van der Waals surface area contributed by atoms with Crippen molar-refractivity contribution in [3.05, 3.63) is 51.2 Å².